The van der Waals surface area contributed by atoms with Crippen LogP contribution in [0.2, 0.25) is 0 Å². The maximum atomic E-state index is 12.8. The minimum absolute atomic E-state index is 0.0846. The SMILES string of the molecule is CC/C=C\C/C=C\C/C=C\C/C=C\CCCCCCCOCC(COP(=O)(O)OCC[N+](C)(C)C)OC(=O)CCCCCCCCCCCCCCCCCCCCCCCCCCC. The standard InChI is InChI=1S/C56H106NO7P/c1-6-8-10-12-14-16-18-20-22-24-26-27-28-29-30-31-32-33-35-37-39-41-43-45-47-49-56(58)64-55(54-63-65(59,60)62-52-50-57(3,4)5)53-61-51-48-46-44-42-40-38-36-34-25-23-21-19-17-15-13-11-9-7-2/h9,11,15,17,21,23,34,36,55H,6-8,10,12-14,16,18-20,22,24-33,35,37-54H2,1-5H3/p+1/b11-9-,17-15-,23-21-,36-34-. The summed E-state index contributed by atoms with van der Waals surface area (Å²) in [4.78, 5) is 23.0. The summed E-state index contributed by atoms with van der Waals surface area (Å²) in [6.07, 6.45) is 61.7. The molecule has 0 fully saturated rings. The molecule has 9 heteroatoms. The van der Waals surface area contributed by atoms with E-state index in [1.807, 2.05) is 21.1 Å². The Kier molecular flexibility index (Phi) is 47.7. The Bertz CT molecular complexity index is 1180. The number of rotatable bonds is 51. The second-order valence-electron chi connectivity index (χ2n) is 19.6. The van der Waals surface area contributed by atoms with E-state index >= 15 is 0 Å². The molecule has 8 nitrogen and oxygen atoms in total. The van der Waals surface area contributed by atoms with Gasteiger partial charge in [0.05, 0.1) is 34.4 Å². The highest BCUT2D eigenvalue weighted by Crippen LogP contribution is 2.43. The molecule has 0 aliphatic carbocycles. The van der Waals surface area contributed by atoms with Gasteiger partial charge in [0.15, 0.2) is 0 Å². The summed E-state index contributed by atoms with van der Waals surface area (Å²) in [5.74, 6) is -0.316. The summed E-state index contributed by atoms with van der Waals surface area (Å²) in [7, 11) is 1.66. The molecule has 0 aliphatic rings. The van der Waals surface area contributed by atoms with Gasteiger partial charge in [-0.25, -0.2) is 4.57 Å². The fourth-order valence-electron chi connectivity index (χ4n) is 7.72. The Balaban J connectivity index is 4.08. The maximum Gasteiger partial charge on any atom is 0.472 e. The second-order valence-corrected chi connectivity index (χ2v) is 21.0. The Labute approximate surface area is 403 Å². The number of carbonyl (C=O) groups excluding carboxylic acids is 1. The smallest absolute Gasteiger partial charge is 0.457 e. The van der Waals surface area contributed by atoms with Crippen molar-refractivity contribution >= 4 is 13.8 Å². The number of carbonyl (C=O) groups is 1. The molecule has 0 bridgehead atoms. The number of phosphoric acid groups is 1. The molecule has 0 radical (unpaired) electrons. The third-order valence-electron chi connectivity index (χ3n) is 11.9. The van der Waals surface area contributed by atoms with Crippen molar-refractivity contribution in [2.24, 2.45) is 0 Å². The number of phosphoric ester groups is 1. The zero-order valence-electron chi connectivity index (χ0n) is 43.5. The number of allylic oxidation sites excluding steroid dienone is 8. The van der Waals surface area contributed by atoms with E-state index in [0.29, 0.717) is 24.1 Å². The molecule has 2 atom stereocenters. The highest BCUT2D eigenvalue weighted by Gasteiger charge is 2.26. The Morgan fingerprint density at radius 2 is 0.892 bits per heavy atom. The summed E-state index contributed by atoms with van der Waals surface area (Å²) < 4.78 is 35.2. The summed E-state index contributed by atoms with van der Waals surface area (Å²) >= 11 is 0. The molecule has 0 aromatic rings. The molecule has 0 saturated carbocycles. The number of hydrogen-bond donors (Lipinski definition) is 1. The highest BCUT2D eigenvalue weighted by molar-refractivity contribution is 7.47. The van der Waals surface area contributed by atoms with Crippen LogP contribution in [0.3, 0.4) is 0 Å². The molecule has 65 heavy (non-hydrogen) atoms. The minimum Gasteiger partial charge on any atom is -0.457 e. The molecule has 0 amide bonds. The summed E-state index contributed by atoms with van der Waals surface area (Å²) in [5, 5.41) is 0. The van der Waals surface area contributed by atoms with Crippen LogP contribution in [0.15, 0.2) is 48.6 Å². The van der Waals surface area contributed by atoms with Crippen LogP contribution in [0.1, 0.15) is 245 Å². The quantitative estimate of drug-likeness (QED) is 0.0214. The zero-order chi connectivity index (χ0) is 47.6. The van der Waals surface area contributed by atoms with E-state index in [-0.39, 0.29) is 25.8 Å². The number of quaternary nitrogens is 1. The number of esters is 1. The van der Waals surface area contributed by atoms with E-state index in [4.69, 9.17) is 18.5 Å². The van der Waals surface area contributed by atoms with Gasteiger partial charge < -0.3 is 18.9 Å². The van der Waals surface area contributed by atoms with Crippen molar-refractivity contribution in [2.45, 2.75) is 251 Å². The Hall–Kier alpha value is -1.54. The number of likely N-dealkylation sites (N-methyl/N-ethyl adjacent to an activating group) is 1. The van der Waals surface area contributed by atoms with Crippen molar-refractivity contribution < 1.29 is 37.3 Å². The number of nitrogens with zero attached hydrogens (tertiary/aromatic N) is 1. The van der Waals surface area contributed by atoms with E-state index in [9.17, 15) is 14.3 Å². The number of hydrogen-bond acceptors (Lipinski definition) is 6. The molecule has 2 unspecified atom stereocenters. The highest BCUT2D eigenvalue weighted by atomic mass is 31.2. The predicted molar refractivity (Wildman–Crippen MR) is 279 cm³/mol. The average Bonchev–Trinajstić information content (AvgIpc) is 3.27. The first-order valence-electron chi connectivity index (χ1n) is 27.4. The maximum absolute atomic E-state index is 12.8. The van der Waals surface area contributed by atoms with E-state index in [0.717, 1.165) is 70.6 Å². The third kappa shape index (κ3) is 53.3. The molecule has 0 aromatic heterocycles. The molecule has 0 aromatic carbocycles. The van der Waals surface area contributed by atoms with Crippen LogP contribution < -0.4 is 0 Å². The molecule has 1 N–H and O–H groups in total. The fourth-order valence-corrected chi connectivity index (χ4v) is 8.46. The second kappa shape index (κ2) is 48.9. The molecule has 0 saturated heterocycles. The van der Waals surface area contributed by atoms with Crippen molar-refractivity contribution in [3.05, 3.63) is 48.6 Å². The van der Waals surface area contributed by atoms with Gasteiger partial charge in [0.1, 0.15) is 19.3 Å². The van der Waals surface area contributed by atoms with Crippen LogP contribution in [0, 0.1) is 0 Å². The van der Waals surface area contributed by atoms with Gasteiger partial charge in [-0.1, -0.05) is 236 Å². The monoisotopic (exact) mass is 937 g/mol. The largest absolute Gasteiger partial charge is 0.472 e. The van der Waals surface area contributed by atoms with Gasteiger partial charge in [-0.05, 0) is 51.4 Å². The summed E-state index contributed by atoms with van der Waals surface area (Å²) in [6, 6.07) is 0. The van der Waals surface area contributed by atoms with Crippen LogP contribution >= 0.6 is 7.82 Å². The Morgan fingerprint density at radius 1 is 0.492 bits per heavy atom. The van der Waals surface area contributed by atoms with E-state index in [2.05, 4.69) is 62.5 Å². The molecule has 0 spiro atoms. The van der Waals surface area contributed by atoms with Gasteiger partial charge in [-0.15, -0.1) is 0 Å². The lowest BCUT2D eigenvalue weighted by atomic mass is 10.0. The Morgan fingerprint density at radius 3 is 1.34 bits per heavy atom. The molecule has 0 heterocycles. The first kappa shape index (κ1) is 63.5. The van der Waals surface area contributed by atoms with E-state index in [1.54, 1.807) is 0 Å². The first-order valence-corrected chi connectivity index (χ1v) is 28.9. The van der Waals surface area contributed by atoms with Gasteiger partial charge in [0.25, 0.3) is 0 Å². The van der Waals surface area contributed by atoms with Crippen LogP contribution in [-0.2, 0) is 27.9 Å². The van der Waals surface area contributed by atoms with Crippen molar-refractivity contribution in [2.75, 3.05) is 54.1 Å². The molecule has 0 rings (SSSR count). The molecule has 382 valence electrons. The van der Waals surface area contributed by atoms with E-state index in [1.165, 1.54) is 154 Å². The van der Waals surface area contributed by atoms with Crippen LogP contribution in [-0.4, -0.2) is 75.6 Å². The summed E-state index contributed by atoms with van der Waals surface area (Å²) in [5.41, 5.74) is 0. The molecular weight excluding hydrogens is 830 g/mol. The molecular formula is C56H107NO7P+. The zero-order valence-corrected chi connectivity index (χ0v) is 44.4. The topological polar surface area (TPSA) is 91.3 Å². The fraction of sp³-hybridized carbons (Fsp3) is 0.839. The summed E-state index contributed by atoms with van der Waals surface area (Å²) in [6.45, 7) is 5.50. The van der Waals surface area contributed by atoms with Crippen molar-refractivity contribution in [3.63, 3.8) is 0 Å². The van der Waals surface area contributed by atoms with Crippen molar-refractivity contribution in [1.29, 1.82) is 0 Å². The average molecular weight is 937 g/mol. The third-order valence-corrected chi connectivity index (χ3v) is 12.9. The van der Waals surface area contributed by atoms with Gasteiger partial charge in [0, 0.05) is 13.0 Å². The lowest BCUT2D eigenvalue weighted by Crippen LogP contribution is -2.37. The number of unbranched alkanes of at least 4 members (excludes halogenated alkanes) is 29. The van der Waals surface area contributed by atoms with Crippen molar-refractivity contribution in [1.82, 2.24) is 0 Å². The van der Waals surface area contributed by atoms with Gasteiger partial charge >= 0.3 is 13.8 Å². The van der Waals surface area contributed by atoms with Crippen LogP contribution in [0.4, 0.5) is 0 Å². The number of ether oxygens (including phenoxy) is 2. The van der Waals surface area contributed by atoms with Crippen LogP contribution in [0.5, 0.6) is 0 Å². The predicted octanol–water partition coefficient (Wildman–Crippen LogP) is 17.1. The lowest BCUT2D eigenvalue weighted by Gasteiger charge is -2.24. The lowest BCUT2D eigenvalue weighted by molar-refractivity contribution is -0.870. The van der Waals surface area contributed by atoms with Gasteiger partial charge in [-0.3, -0.25) is 13.8 Å². The van der Waals surface area contributed by atoms with Gasteiger partial charge in [-0.2, -0.15) is 0 Å². The molecule has 0 aliphatic heterocycles. The van der Waals surface area contributed by atoms with Crippen LogP contribution in [0.25, 0.3) is 0 Å². The van der Waals surface area contributed by atoms with Gasteiger partial charge in [0.2, 0.25) is 0 Å². The minimum atomic E-state index is -4.29. The first-order chi connectivity index (χ1) is 31.6. The normalized spacial score (nSPS) is 13.9. The van der Waals surface area contributed by atoms with Crippen molar-refractivity contribution in [3.8, 4) is 0 Å². The van der Waals surface area contributed by atoms with E-state index < -0.39 is 13.9 Å².